The molecule has 41 heavy (non-hydrogen) atoms. The van der Waals surface area contributed by atoms with E-state index in [-0.39, 0.29) is 23.9 Å². The van der Waals surface area contributed by atoms with Crippen LogP contribution in [0.2, 0.25) is 0 Å². The standard InChI is InChI=1S/C30H31FN6O3S/c1-18-17-40-28-25(21(31)14-22-26(28)27-24(16-32-22)36(4)30(38)37(18)27)19-13-23(34-41-20-9-6-5-7-10-20)29(33-15-19)39-12-8-11-35(2)3/h5-7,9-10,13-16,18,34H,8,11-12,17H2,1-4H3. The monoisotopic (exact) mass is 574 g/mol. The molecule has 1 aliphatic heterocycles. The molecule has 0 bridgehead atoms. The van der Waals surface area contributed by atoms with Crippen LogP contribution in [-0.4, -0.2) is 57.9 Å². The van der Waals surface area contributed by atoms with E-state index in [1.807, 2.05) is 57.4 Å². The third-order valence-corrected chi connectivity index (χ3v) is 8.00. The van der Waals surface area contributed by atoms with Crippen molar-refractivity contribution in [3.63, 3.8) is 0 Å². The van der Waals surface area contributed by atoms with E-state index in [1.54, 1.807) is 28.6 Å². The zero-order valence-electron chi connectivity index (χ0n) is 23.3. The van der Waals surface area contributed by atoms with Gasteiger partial charge in [0.15, 0.2) is 0 Å². The quantitative estimate of drug-likeness (QED) is 0.183. The molecule has 0 aliphatic carbocycles. The summed E-state index contributed by atoms with van der Waals surface area (Å²) in [6.45, 7) is 3.49. The molecule has 11 heteroatoms. The van der Waals surface area contributed by atoms with Gasteiger partial charge >= 0.3 is 5.69 Å². The van der Waals surface area contributed by atoms with Crippen molar-refractivity contribution in [2.75, 3.05) is 38.6 Å². The molecule has 9 nitrogen and oxygen atoms in total. The Labute approximate surface area is 241 Å². The van der Waals surface area contributed by atoms with Crippen molar-refractivity contribution in [1.29, 1.82) is 0 Å². The maximum atomic E-state index is 15.9. The molecular weight excluding hydrogens is 543 g/mol. The van der Waals surface area contributed by atoms with E-state index in [1.165, 1.54) is 18.0 Å². The van der Waals surface area contributed by atoms with E-state index < -0.39 is 5.82 Å². The fourth-order valence-electron chi connectivity index (χ4n) is 5.14. The minimum atomic E-state index is -0.484. The largest absolute Gasteiger partial charge is 0.490 e. The number of pyridine rings is 2. The van der Waals surface area contributed by atoms with Gasteiger partial charge in [0.2, 0.25) is 5.88 Å². The number of imidazole rings is 1. The van der Waals surface area contributed by atoms with Crippen LogP contribution in [-0.2, 0) is 7.05 Å². The molecular formula is C30H31FN6O3S. The molecule has 6 rings (SSSR count). The average molecular weight is 575 g/mol. The molecule has 5 aromatic rings. The normalized spacial score (nSPS) is 14.5. The van der Waals surface area contributed by atoms with Gasteiger partial charge in [-0.1, -0.05) is 18.2 Å². The Morgan fingerprint density at radius 1 is 1.20 bits per heavy atom. The zero-order chi connectivity index (χ0) is 28.7. The van der Waals surface area contributed by atoms with Crippen molar-refractivity contribution < 1.29 is 13.9 Å². The van der Waals surface area contributed by atoms with Crippen molar-refractivity contribution >= 4 is 39.6 Å². The van der Waals surface area contributed by atoms with E-state index in [2.05, 4.69) is 19.6 Å². The Hall–Kier alpha value is -4.09. The molecule has 0 fully saturated rings. The number of nitrogens with zero attached hydrogens (tertiary/aromatic N) is 5. The van der Waals surface area contributed by atoms with Gasteiger partial charge in [-0.25, -0.2) is 14.2 Å². The summed E-state index contributed by atoms with van der Waals surface area (Å²) in [6.07, 6.45) is 4.05. The Bertz CT molecular complexity index is 1800. The van der Waals surface area contributed by atoms with E-state index in [4.69, 9.17) is 9.47 Å². The number of hydrogen-bond donors (Lipinski definition) is 1. The van der Waals surface area contributed by atoms with Crippen LogP contribution in [0, 0.1) is 5.82 Å². The topological polar surface area (TPSA) is 86.4 Å². The molecule has 0 spiro atoms. The predicted octanol–water partition coefficient (Wildman–Crippen LogP) is 5.49. The van der Waals surface area contributed by atoms with Gasteiger partial charge in [0.05, 0.1) is 46.3 Å². The van der Waals surface area contributed by atoms with Gasteiger partial charge in [-0.05, 0) is 57.6 Å². The number of hydrogen-bond acceptors (Lipinski definition) is 8. The van der Waals surface area contributed by atoms with E-state index in [9.17, 15) is 4.79 Å². The maximum absolute atomic E-state index is 15.9. The molecule has 0 radical (unpaired) electrons. The van der Waals surface area contributed by atoms with Gasteiger partial charge < -0.3 is 19.1 Å². The average Bonchev–Trinajstić information content (AvgIpc) is 3.12. The molecule has 0 saturated heterocycles. The summed E-state index contributed by atoms with van der Waals surface area (Å²) >= 11 is 1.42. The number of aromatic nitrogens is 4. The summed E-state index contributed by atoms with van der Waals surface area (Å²) in [7, 11) is 5.76. The highest BCUT2D eigenvalue weighted by atomic mass is 32.2. The molecule has 3 aromatic heterocycles. The summed E-state index contributed by atoms with van der Waals surface area (Å²) < 4.78 is 34.9. The fraction of sp³-hybridized carbons (Fsp3) is 0.300. The molecule has 1 N–H and O–H groups in total. The predicted molar refractivity (Wildman–Crippen MR) is 160 cm³/mol. The third kappa shape index (κ3) is 5.00. The second-order valence-electron chi connectivity index (χ2n) is 10.4. The highest BCUT2D eigenvalue weighted by Gasteiger charge is 2.29. The summed E-state index contributed by atoms with van der Waals surface area (Å²) in [5.74, 6) is 0.297. The summed E-state index contributed by atoms with van der Waals surface area (Å²) in [6, 6.07) is 12.8. The Morgan fingerprint density at radius 2 is 2.00 bits per heavy atom. The fourth-order valence-corrected chi connectivity index (χ4v) is 5.81. The summed E-state index contributed by atoms with van der Waals surface area (Å²) in [5.41, 5.74) is 3.02. The van der Waals surface area contributed by atoms with Gasteiger partial charge in [0.1, 0.15) is 23.9 Å². The number of nitrogens with one attached hydrogen (secondary N) is 1. The number of benzene rings is 2. The first kappa shape index (κ1) is 27.1. The lowest BCUT2D eigenvalue weighted by atomic mass is 10.0. The molecule has 0 amide bonds. The van der Waals surface area contributed by atoms with Gasteiger partial charge in [-0.2, -0.15) is 0 Å². The maximum Gasteiger partial charge on any atom is 0.329 e. The third-order valence-electron chi connectivity index (χ3n) is 7.17. The summed E-state index contributed by atoms with van der Waals surface area (Å²) in [5, 5.41) is 0.609. The SMILES string of the molecule is CC1COc2c(-c3cnc(OCCCN(C)C)c(NSc4ccccc4)c3)c(F)cc3ncc4c(c23)n1c(=O)n4C. The van der Waals surface area contributed by atoms with E-state index >= 15 is 4.39 Å². The lowest BCUT2D eigenvalue weighted by Gasteiger charge is -2.17. The van der Waals surface area contributed by atoms with Crippen LogP contribution < -0.4 is 19.9 Å². The van der Waals surface area contributed by atoms with Crippen LogP contribution in [0.3, 0.4) is 0 Å². The number of halogens is 1. The molecule has 1 aliphatic rings. The van der Waals surface area contributed by atoms with Crippen LogP contribution in [0.15, 0.2) is 64.5 Å². The minimum absolute atomic E-state index is 0.161. The minimum Gasteiger partial charge on any atom is -0.490 e. The van der Waals surface area contributed by atoms with Crippen LogP contribution in [0.5, 0.6) is 11.6 Å². The first-order chi connectivity index (χ1) is 19.8. The first-order valence-corrected chi connectivity index (χ1v) is 14.3. The Morgan fingerprint density at radius 3 is 2.78 bits per heavy atom. The number of aryl methyl sites for hydroxylation is 1. The van der Waals surface area contributed by atoms with Crippen molar-refractivity contribution in [3.8, 4) is 22.8 Å². The van der Waals surface area contributed by atoms with Gasteiger partial charge in [0.25, 0.3) is 0 Å². The van der Waals surface area contributed by atoms with Crippen LogP contribution in [0.25, 0.3) is 33.1 Å². The molecule has 1 atom stereocenters. The van der Waals surface area contributed by atoms with Crippen molar-refractivity contribution in [2.45, 2.75) is 24.3 Å². The number of ether oxygens (including phenoxy) is 2. The molecule has 212 valence electrons. The zero-order valence-corrected chi connectivity index (χ0v) is 24.2. The van der Waals surface area contributed by atoms with E-state index in [0.717, 1.165) is 17.9 Å². The van der Waals surface area contributed by atoms with E-state index in [0.29, 0.717) is 51.4 Å². The lowest BCUT2D eigenvalue weighted by molar-refractivity contribution is 0.267. The molecule has 4 heterocycles. The molecule has 2 aromatic carbocycles. The lowest BCUT2D eigenvalue weighted by Crippen LogP contribution is -2.27. The van der Waals surface area contributed by atoms with Gasteiger partial charge in [-0.15, -0.1) is 0 Å². The Kier molecular flexibility index (Phi) is 7.31. The van der Waals surface area contributed by atoms with Crippen molar-refractivity contribution in [3.05, 3.63) is 71.2 Å². The number of rotatable bonds is 9. The highest BCUT2D eigenvalue weighted by molar-refractivity contribution is 8.00. The van der Waals surface area contributed by atoms with Gasteiger partial charge in [0, 0.05) is 36.3 Å². The molecule has 1 unspecified atom stereocenters. The van der Waals surface area contributed by atoms with Crippen LogP contribution in [0.1, 0.15) is 19.4 Å². The Balaban J connectivity index is 1.47. The highest BCUT2D eigenvalue weighted by Crippen LogP contribution is 2.44. The number of anilines is 1. The smallest absolute Gasteiger partial charge is 0.329 e. The first-order valence-electron chi connectivity index (χ1n) is 13.4. The van der Waals surface area contributed by atoms with Gasteiger partial charge in [-0.3, -0.25) is 14.1 Å². The molecule has 0 saturated carbocycles. The van der Waals surface area contributed by atoms with Crippen LogP contribution >= 0.6 is 11.9 Å². The summed E-state index contributed by atoms with van der Waals surface area (Å²) in [4.78, 5) is 25.3. The van der Waals surface area contributed by atoms with Crippen LogP contribution in [0.4, 0.5) is 10.1 Å². The van der Waals surface area contributed by atoms with Crippen molar-refractivity contribution in [1.82, 2.24) is 24.0 Å². The second-order valence-corrected chi connectivity index (χ2v) is 11.3. The van der Waals surface area contributed by atoms with Crippen molar-refractivity contribution in [2.24, 2.45) is 7.05 Å². The second kappa shape index (κ2) is 11.1.